The monoisotopic (exact) mass is 636 g/mol. The molecule has 4 aromatic heterocycles. The molecule has 4 aromatic rings. The molecule has 0 aliphatic carbocycles. The normalized spacial score (nSPS) is 9.70. The Morgan fingerprint density at radius 2 is 1.30 bits per heavy atom. The Bertz CT molecular complexity index is 1320. The number of aromatic nitrogens is 4. The van der Waals surface area contributed by atoms with Crippen molar-refractivity contribution < 1.29 is 24.8 Å². The van der Waals surface area contributed by atoms with Crippen LogP contribution in [0.25, 0.3) is 0 Å². The number of ether oxygens (including phenoxy) is 1. The topological polar surface area (TPSA) is 188 Å². The summed E-state index contributed by atoms with van der Waals surface area (Å²) in [5.41, 5.74) is 1.78. The second-order valence-corrected chi connectivity index (χ2v) is 8.47. The molecule has 13 nitrogen and oxygen atoms in total. The Labute approximate surface area is 226 Å². The van der Waals surface area contributed by atoms with Gasteiger partial charge in [-0.05, 0) is 87.1 Å². The molecule has 0 unspecified atom stereocenters. The molecule has 0 bridgehead atoms. The average Bonchev–Trinajstić information content (AvgIpc) is 2.89. The summed E-state index contributed by atoms with van der Waals surface area (Å²) in [7, 11) is 0. The van der Waals surface area contributed by atoms with Gasteiger partial charge in [0.1, 0.15) is 6.61 Å². The molecule has 0 amide bonds. The van der Waals surface area contributed by atoms with Gasteiger partial charge in [-0.15, -0.1) is 0 Å². The largest absolute Gasteiger partial charge is 0.501 e. The van der Waals surface area contributed by atoms with Gasteiger partial charge in [-0.25, -0.2) is 0 Å². The first-order valence-corrected chi connectivity index (χ1v) is 11.6. The van der Waals surface area contributed by atoms with Crippen molar-refractivity contribution in [1.82, 2.24) is 19.9 Å². The molecule has 192 valence electrons. The van der Waals surface area contributed by atoms with E-state index >= 15 is 0 Å². The Balaban J connectivity index is 0.000000215. The lowest BCUT2D eigenvalue weighted by atomic mass is 10.3. The maximum atomic E-state index is 10.8. The molecule has 0 spiro atoms. The summed E-state index contributed by atoms with van der Waals surface area (Å²) in [6, 6.07) is 9.84. The number of rotatable bonds is 6. The molecule has 4 heterocycles. The summed E-state index contributed by atoms with van der Waals surface area (Å²) < 4.78 is 6.53. The molecule has 0 saturated heterocycles. The molecular formula is C22H18Br2N6O7. The number of hydrogen-bond acceptors (Lipinski definition) is 11. The van der Waals surface area contributed by atoms with E-state index < -0.39 is 21.4 Å². The predicted molar refractivity (Wildman–Crippen MR) is 138 cm³/mol. The van der Waals surface area contributed by atoms with E-state index in [1.807, 2.05) is 0 Å². The first-order valence-electron chi connectivity index (χ1n) is 10.0. The first kappa shape index (κ1) is 29.2. The molecule has 0 aliphatic heterocycles. The minimum absolute atomic E-state index is 0.0997. The highest BCUT2D eigenvalue weighted by Crippen LogP contribution is 2.28. The summed E-state index contributed by atoms with van der Waals surface area (Å²) in [5.74, 6) is -1.14. The van der Waals surface area contributed by atoms with E-state index in [0.717, 1.165) is 11.1 Å². The first-order chi connectivity index (χ1) is 17.7. The number of nitro groups is 2. The van der Waals surface area contributed by atoms with Crippen molar-refractivity contribution in [3.63, 3.8) is 0 Å². The summed E-state index contributed by atoms with van der Waals surface area (Å²) >= 11 is 6.20. The van der Waals surface area contributed by atoms with Gasteiger partial charge in [0, 0.05) is 36.9 Å². The molecular weight excluding hydrogens is 620 g/mol. The zero-order chi connectivity index (χ0) is 27.2. The number of aromatic hydroxyl groups is 1. The molecule has 37 heavy (non-hydrogen) atoms. The van der Waals surface area contributed by atoms with Crippen LogP contribution < -0.4 is 4.74 Å². The van der Waals surface area contributed by atoms with Crippen LogP contribution in [-0.2, 0) is 13.2 Å². The molecule has 0 aliphatic rings. The van der Waals surface area contributed by atoms with E-state index in [-0.39, 0.29) is 24.8 Å². The lowest BCUT2D eigenvalue weighted by Crippen LogP contribution is -2.01. The number of pyridine rings is 4. The zero-order valence-electron chi connectivity index (χ0n) is 18.7. The quantitative estimate of drug-likeness (QED) is 0.219. The zero-order valence-corrected chi connectivity index (χ0v) is 21.9. The molecule has 0 fully saturated rings. The minimum atomic E-state index is -0.748. The molecule has 2 N–H and O–H groups in total. The van der Waals surface area contributed by atoms with Crippen LogP contribution >= 0.6 is 31.9 Å². The molecule has 15 heteroatoms. The maximum Gasteiger partial charge on any atom is 0.406 e. The lowest BCUT2D eigenvalue weighted by Gasteiger charge is -2.06. The number of aliphatic hydroxyl groups excluding tert-OH is 1. The van der Waals surface area contributed by atoms with E-state index in [1.54, 1.807) is 49.1 Å². The number of aliphatic hydroxyl groups is 1. The third kappa shape index (κ3) is 10.2. The Kier molecular flexibility index (Phi) is 11.9. The van der Waals surface area contributed by atoms with E-state index in [0.29, 0.717) is 8.95 Å². The van der Waals surface area contributed by atoms with Gasteiger partial charge in [-0.1, -0.05) is 0 Å². The van der Waals surface area contributed by atoms with Crippen LogP contribution in [0.15, 0.2) is 82.5 Å². The van der Waals surface area contributed by atoms with Gasteiger partial charge in [0.25, 0.3) is 0 Å². The van der Waals surface area contributed by atoms with Crippen LogP contribution in [0.1, 0.15) is 11.1 Å². The Morgan fingerprint density at radius 3 is 1.76 bits per heavy atom. The van der Waals surface area contributed by atoms with Gasteiger partial charge >= 0.3 is 11.6 Å². The summed E-state index contributed by atoms with van der Waals surface area (Å²) in [4.78, 5) is 34.3. The van der Waals surface area contributed by atoms with Crippen LogP contribution in [0, 0.1) is 20.2 Å². The summed E-state index contributed by atoms with van der Waals surface area (Å²) in [5, 5.41) is 38.3. The fourth-order valence-corrected chi connectivity index (χ4v) is 2.98. The van der Waals surface area contributed by atoms with Crippen molar-refractivity contribution in [2.45, 2.75) is 13.2 Å². The molecule has 0 atom stereocenters. The van der Waals surface area contributed by atoms with Crippen molar-refractivity contribution in [2.24, 2.45) is 0 Å². The van der Waals surface area contributed by atoms with Crippen molar-refractivity contribution in [2.75, 3.05) is 0 Å². The van der Waals surface area contributed by atoms with Gasteiger partial charge in [0.15, 0.2) is 12.4 Å². The minimum Gasteiger partial charge on any atom is -0.501 e. The standard InChI is InChI=1S/C11H8BrN3O3.C6H7NO.C5H3BrN2O3/c12-9-5-10(11(14-6-9)15(16)17)18-7-8-1-3-13-4-2-8;8-5-6-1-3-7-4-2-6;6-3-1-4(9)5(7-2-3)8(10)11/h1-6H,7H2;1-4,8H,5H2;1-2,9H. The highest BCUT2D eigenvalue weighted by atomic mass is 79.9. The van der Waals surface area contributed by atoms with Gasteiger partial charge in [-0.2, -0.15) is 0 Å². The van der Waals surface area contributed by atoms with E-state index in [9.17, 15) is 20.2 Å². The predicted octanol–water partition coefficient (Wildman–Crippen LogP) is 4.76. The van der Waals surface area contributed by atoms with Gasteiger partial charge in [0.2, 0.25) is 11.5 Å². The van der Waals surface area contributed by atoms with Crippen LogP contribution in [0.4, 0.5) is 11.6 Å². The number of nitrogens with zero attached hydrogens (tertiary/aromatic N) is 6. The Morgan fingerprint density at radius 1 is 0.811 bits per heavy atom. The summed E-state index contributed by atoms with van der Waals surface area (Å²) in [6.07, 6.45) is 9.19. The molecule has 0 radical (unpaired) electrons. The second kappa shape index (κ2) is 15.1. The number of hydrogen-bond donors (Lipinski definition) is 2. The SMILES string of the molecule is O=[N+]([O-])c1ncc(Br)cc1O.O=[N+]([O-])c1ncc(Br)cc1OCc1ccncc1.OCc1ccncc1. The fourth-order valence-electron chi connectivity index (χ4n) is 2.35. The Hall–Kier alpha value is -4.08. The van der Waals surface area contributed by atoms with Crippen molar-refractivity contribution >= 4 is 43.5 Å². The fraction of sp³-hybridized carbons (Fsp3) is 0.0909. The van der Waals surface area contributed by atoms with Gasteiger partial charge in [-0.3, -0.25) is 9.97 Å². The molecule has 0 saturated carbocycles. The maximum absolute atomic E-state index is 10.8. The van der Waals surface area contributed by atoms with Gasteiger partial charge in [0.05, 0.1) is 15.6 Å². The highest BCUT2D eigenvalue weighted by molar-refractivity contribution is 9.10. The van der Waals surface area contributed by atoms with Crippen LogP contribution in [0.3, 0.4) is 0 Å². The molecule has 4 rings (SSSR count). The highest BCUT2D eigenvalue weighted by Gasteiger charge is 2.17. The third-order valence-corrected chi connectivity index (χ3v) is 4.90. The van der Waals surface area contributed by atoms with Crippen LogP contribution in [0.2, 0.25) is 0 Å². The molecule has 0 aromatic carbocycles. The second-order valence-electron chi connectivity index (χ2n) is 6.64. The van der Waals surface area contributed by atoms with Crippen molar-refractivity contribution in [1.29, 1.82) is 0 Å². The number of halogens is 2. The van der Waals surface area contributed by atoms with Crippen LogP contribution in [0.5, 0.6) is 11.5 Å². The van der Waals surface area contributed by atoms with E-state index in [1.165, 1.54) is 24.5 Å². The summed E-state index contributed by atoms with van der Waals surface area (Å²) in [6.45, 7) is 0.323. The van der Waals surface area contributed by atoms with Gasteiger partial charge < -0.3 is 35.2 Å². The van der Waals surface area contributed by atoms with Crippen molar-refractivity contribution in [3.8, 4) is 11.5 Å². The van der Waals surface area contributed by atoms with E-state index in [4.69, 9.17) is 14.9 Å². The lowest BCUT2D eigenvalue weighted by molar-refractivity contribution is -0.390. The average molecular weight is 638 g/mol. The van der Waals surface area contributed by atoms with E-state index in [2.05, 4.69) is 51.8 Å². The smallest absolute Gasteiger partial charge is 0.406 e. The third-order valence-electron chi connectivity index (χ3n) is 4.03. The van der Waals surface area contributed by atoms with Crippen LogP contribution in [-0.4, -0.2) is 40.0 Å². The van der Waals surface area contributed by atoms with Crippen molar-refractivity contribution in [3.05, 3.63) is 114 Å².